The first-order chi connectivity index (χ1) is 8.77. The van der Waals surface area contributed by atoms with Crippen LogP contribution in [0.1, 0.15) is 36.2 Å². The molecule has 0 radical (unpaired) electrons. The predicted octanol–water partition coefficient (Wildman–Crippen LogP) is 2.02. The molecule has 0 bridgehead atoms. The van der Waals surface area contributed by atoms with Crippen molar-refractivity contribution in [3.05, 3.63) is 29.3 Å². The highest BCUT2D eigenvalue weighted by molar-refractivity contribution is 7.89. The first-order valence-corrected chi connectivity index (χ1v) is 7.60. The normalized spacial score (nSPS) is 13.2. The largest absolute Gasteiger partial charge is 0.478 e. The fourth-order valence-electron chi connectivity index (χ4n) is 1.48. The van der Waals surface area contributed by atoms with Crippen molar-refractivity contribution in [3.63, 3.8) is 0 Å². The maximum atomic E-state index is 12.0. The van der Waals surface area contributed by atoms with Crippen LogP contribution in [0.2, 0.25) is 0 Å². The van der Waals surface area contributed by atoms with Crippen LogP contribution in [0.25, 0.3) is 0 Å². The number of aryl methyl sites for hydroxylation is 1. The Morgan fingerprint density at radius 2 is 2.05 bits per heavy atom. The van der Waals surface area contributed by atoms with Crippen LogP contribution < -0.4 is 4.72 Å². The van der Waals surface area contributed by atoms with Gasteiger partial charge in [-0.2, -0.15) is 0 Å². The van der Waals surface area contributed by atoms with Crippen LogP contribution in [-0.4, -0.2) is 26.0 Å². The number of benzene rings is 1. The number of carbonyl (C=O) groups is 1. The van der Waals surface area contributed by atoms with Gasteiger partial charge in [-0.05, 0) is 30.5 Å². The second-order valence-electron chi connectivity index (χ2n) is 4.65. The second kappa shape index (κ2) is 6.16. The molecular formula is C13H19NO4S. The molecule has 1 aromatic carbocycles. The van der Waals surface area contributed by atoms with Crippen LogP contribution >= 0.6 is 0 Å². The molecule has 1 aromatic rings. The smallest absolute Gasteiger partial charge is 0.335 e. The molecule has 0 amide bonds. The molecule has 1 atom stereocenters. The van der Waals surface area contributed by atoms with Crippen LogP contribution in [0, 0.1) is 12.8 Å². The summed E-state index contributed by atoms with van der Waals surface area (Å²) in [6.45, 7) is 5.90. The maximum absolute atomic E-state index is 12.0. The minimum atomic E-state index is -3.65. The van der Waals surface area contributed by atoms with Gasteiger partial charge in [-0.15, -0.1) is 0 Å². The molecule has 106 valence electrons. The summed E-state index contributed by atoms with van der Waals surface area (Å²) in [6.07, 6.45) is 0.872. The van der Waals surface area contributed by atoms with Gasteiger partial charge >= 0.3 is 5.97 Å². The van der Waals surface area contributed by atoms with Crippen molar-refractivity contribution in [3.8, 4) is 0 Å². The molecule has 0 aliphatic carbocycles. The zero-order chi connectivity index (χ0) is 14.6. The van der Waals surface area contributed by atoms with E-state index >= 15 is 0 Å². The Hall–Kier alpha value is -1.40. The van der Waals surface area contributed by atoms with Crippen molar-refractivity contribution in [2.24, 2.45) is 5.92 Å². The van der Waals surface area contributed by atoms with Gasteiger partial charge < -0.3 is 5.11 Å². The molecule has 1 rings (SSSR count). The zero-order valence-corrected chi connectivity index (χ0v) is 12.1. The summed E-state index contributed by atoms with van der Waals surface area (Å²) in [6, 6.07) is 4.11. The summed E-state index contributed by atoms with van der Waals surface area (Å²) in [7, 11) is -3.65. The van der Waals surface area contributed by atoms with Gasteiger partial charge in [0.25, 0.3) is 0 Å². The molecule has 0 heterocycles. The Labute approximate surface area is 113 Å². The lowest BCUT2D eigenvalue weighted by molar-refractivity contribution is 0.0696. The third-order valence-corrected chi connectivity index (χ3v) is 4.49. The highest BCUT2D eigenvalue weighted by Gasteiger charge is 2.18. The minimum Gasteiger partial charge on any atom is -0.478 e. The van der Waals surface area contributed by atoms with Gasteiger partial charge in [-0.1, -0.05) is 26.3 Å². The maximum Gasteiger partial charge on any atom is 0.335 e. The van der Waals surface area contributed by atoms with Gasteiger partial charge in [0.2, 0.25) is 10.0 Å². The summed E-state index contributed by atoms with van der Waals surface area (Å²) < 4.78 is 26.6. The summed E-state index contributed by atoms with van der Waals surface area (Å²) in [5.74, 6) is -0.893. The lowest BCUT2D eigenvalue weighted by Gasteiger charge is -2.11. The Kier molecular flexibility index (Phi) is 5.08. The number of hydrogen-bond acceptors (Lipinski definition) is 3. The van der Waals surface area contributed by atoms with E-state index in [1.54, 1.807) is 6.92 Å². The third kappa shape index (κ3) is 4.04. The number of rotatable bonds is 6. The van der Waals surface area contributed by atoms with E-state index in [4.69, 9.17) is 5.11 Å². The quantitative estimate of drug-likeness (QED) is 0.837. The number of sulfonamides is 1. The molecular weight excluding hydrogens is 266 g/mol. The number of aromatic carboxylic acids is 1. The van der Waals surface area contributed by atoms with E-state index in [-0.39, 0.29) is 16.4 Å². The molecule has 0 aliphatic heterocycles. The van der Waals surface area contributed by atoms with Crippen molar-refractivity contribution < 1.29 is 18.3 Å². The fraction of sp³-hybridized carbons (Fsp3) is 0.462. The lowest BCUT2D eigenvalue weighted by Crippen LogP contribution is -2.28. The molecule has 0 aromatic heterocycles. The van der Waals surface area contributed by atoms with Crippen molar-refractivity contribution in [1.82, 2.24) is 4.72 Å². The Morgan fingerprint density at radius 1 is 1.42 bits per heavy atom. The molecule has 0 fully saturated rings. The molecule has 0 aliphatic rings. The van der Waals surface area contributed by atoms with E-state index in [1.807, 2.05) is 13.8 Å². The van der Waals surface area contributed by atoms with E-state index < -0.39 is 16.0 Å². The zero-order valence-electron chi connectivity index (χ0n) is 11.3. The van der Waals surface area contributed by atoms with Crippen molar-refractivity contribution in [1.29, 1.82) is 0 Å². The summed E-state index contributed by atoms with van der Waals surface area (Å²) >= 11 is 0. The van der Waals surface area contributed by atoms with Gasteiger partial charge in [0.1, 0.15) is 0 Å². The molecule has 0 spiro atoms. The van der Waals surface area contributed by atoms with Crippen molar-refractivity contribution in [2.75, 3.05) is 6.54 Å². The van der Waals surface area contributed by atoms with E-state index in [0.29, 0.717) is 12.1 Å². The number of carboxylic acids is 1. The standard InChI is InChI=1S/C13H19NO4S/c1-4-9(2)8-14-19(17,18)11-6-5-10(3)12(7-11)13(15)16/h5-7,9,14H,4,8H2,1-3H3,(H,15,16). The van der Waals surface area contributed by atoms with Gasteiger partial charge in [0.15, 0.2) is 0 Å². The Morgan fingerprint density at radius 3 is 2.58 bits per heavy atom. The third-order valence-electron chi connectivity index (χ3n) is 3.07. The summed E-state index contributed by atoms with van der Waals surface area (Å²) in [5, 5.41) is 9.00. The Balaban J connectivity index is 3.02. The van der Waals surface area contributed by atoms with Crippen LogP contribution in [0.15, 0.2) is 23.1 Å². The molecule has 5 nitrogen and oxygen atoms in total. The molecule has 1 unspecified atom stereocenters. The highest BCUT2D eigenvalue weighted by atomic mass is 32.2. The van der Waals surface area contributed by atoms with E-state index in [1.165, 1.54) is 18.2 Å². The molecule has 6 heteroatoms. The Bertz CT molecular complexity index is 566. The van der Waals surface area contributed by atoms with Gasteiger partial charge in [0, 0.05) is 6.54 Å². The van der Waals surface area contributed by atoms with Gasteiger partial charge in [-0.25, -0.2) is 17.9 Å². The van der Waals surface area contributed by atoms with Crippen molar-refractivity contribution in [2.45, 2.75) is 32.1 Å². The monoisotopic (exact) mass is 285 g/mol. The lowest BCUT2D eigenvalue weighted by atomic mass is 10.1. The van der Waals surface area contributed by atoms with Crippen LogP contribution in [0.5, 0.6) is 0 Å². The number of carboxylic acid groups (broad SMARTS) is 1. The predicted molar refractivity (Wildman–Crippen MR) is 72.8 cm³/mol. The van der Waals surface area contributed by atoms with E-state index in [0.717, 1.165) is 6.42 Å². The fourth-order valence-corrected chi connectivity index (χ4v) is 2.67. The first kappa shape index (κ1) is 15.7. The molecule has 2 N–H and O–H groups in total. The average molecular weight is 285 g/mol. The number of nitrogens with one attached hydrogen (secondary N) is 1. The highest BCUT2D eigenvalue weighted by Crippen LogP contribution is 2.16. The second-order valence-corrected chi connectivity index (χ2v) is 6.41. The topological polar surface area (TPSA) is 83.5 Å². The summed E-state index contributed by atoms with van der Waals surface area (Å²) in [4.78, 5) is 11.0. The number of hydrogen-bond donors (Lipinski definition) is 2. The first-order valence-electron chi connectivity index (χ1n) is 6.11. The van der Waals surface area contributed by atoms with E-state index in [2.05, 4.69) is 4.72 Å². The molecule has 0 saturated carbocycles. The minimum absolute atomic E-state index is 0.00594. The summed E-state index contributed by atoms with van der Waals surface area (Å²) in [5.41, 5.74) is 0.541. The van der Waals surface area contributed by atoms with Crippen LogP contribution in [0.3, 0.4) is 0 Å². The SMILES string of the molecule is CCC(C)CNS(=O)(=O)c1ccc(C)c(C(=O)O)c1. The van der Waals surface area contributed by atoms with Crippen LogP contribution in [-0.2, 0) is 10.0 Å². The van der Waals surface area contributed by atoms with E-state index in [9.17, 15) is 13.2 Å². The van der Waals surface area contributed by atoms with Gasteiger partial charge in [-0.3, -0.25) is 0 Å². The average Bonchev–Trinajstić information content (AvgIpc) is 2.35. The molecule has 0 saturated heterocycles. The van der Waals surface area contributed by atoms with Crippen molar-refractivity contribution >= 4 is 16.0 Å². The van der Waals surface area contributed by atoms with Crippen LogP contribution in [0.4, 0.5) is 0 Å². The van der Waals surface area contributed by atoms with Gasteiger partial charge in [0.05, 0.1) is 10.5 Å². The molecule has 19 heavy (non-hydrogen) atoms.